The fourth-order valence-corrected chi connectivity index (χ4v) is 3.69. The van der Waals surface area contributed by atoms with E-state index in [0.717, 1.165) is 0 Å². The van der Waals surface area contributed by atoms with Gasteiger partial charge in [0.05, 0.1) is 30.8 Å². The third kappa shape index (κ3) is 6.40. The fraction of sp³-hybridized carbons (Fsp3) is 0.913. The third-order valence-electron chi connectivity index (χ3n) is 5.43. The molecule has 0 aliphatic rings. The van der Waals surface area contributed by atoms with Crippen LogP contribution in [0, 0.1) is 10.8 Å². The summed E-state index contributed by atoms with van der Waals surface area (Å²) in [6.07, 6.45) is -2.32. The van der Waals surface area contributed by atoms with Crippen LogP contribution >= 0.6 is 0 Å². The van der Waals surface area contributed by atoms with Crippen molar-refractivity contribution in [2.45, 2.75) is 125 Å². The van der Waals surface area contributed by atoms with Crippen LogP contribution in [0.5, 0.6) is 0 Å². The van der Waals surface area contributed by atoms with E-state index in [1.807, 2.05) is 0 Å². The SMILES string of the molecule is CC(C)OC(OC(C)C)(C(=O)O)C(OC(C)C)(OC(C)C)C(C)(C)C(C)(C)CC(=O)O. The maximum atomic E-state index is 13.0. The zero-order chi connectivity index (χ0) is 25.0. The van der Waals surface area contributed by atoms with Gasteiger partial charge in [-0.25, -0.2) is 4.79 Å². The first-order valence-electron chi connectivity index (χ1n) is 10.9. The van der Waals surface area contributed by atoms with Crippen molar-refractivity contribution >= 4 is 11.9 Å². The Morgan fingerprint density at radius 1 is 0.677 bits per heavy atom. The quantitative estimate of drug-likeness (QED) is 0.368. The molecule has 0 radical (unpaired) electrons. The molecule has 0 aliphatic carbocycles. The summed E-state index contributed by atoms with van der Waals surface area (Å²) in [6.45, 7) is 20.8. The molecule has 0 unspecified atom stereocenters. The lowest BCUT2D eigenvalue weighted by atomic mass is 9.59. The van der Waals surface area contributed by atoms with Gasteiger partial charge in [0.1, 0.15) is 0 Å². The van der Waals surface area contributed by atoms with Gasteiger partial charge in [0.2, 0.25) is 5.79 Å². The van der Waals surface area contributed by atoms with Gasteiger partial charge in [0.15, 0.2) is 0 Å². The molecule has 0 rings (SSSR count). The standard InChI is InChI=1S/C23H44O8/c1-14(2)28-22(19(26)27,29-15(3)4)23(30-16(5)6,31-17(7)8)21(11,12)20(9,10)13-18(24)25/h14-17H,13H2,1-12H3,(H,24,25)(H,26,27). The summed E-state index contributed by atoms with van der Waals surface area (Å²) < 4.78 is 24.8. The van der Waals surface area contributed by atoms with Gasteiger partial charge in [0, 0.05) is 5.41 Å². The number of carbonyl (C=O) groups is 2. The molecule has 0 bridgehead atoms. The van der Waals surface area contributed by atoms with Crippen LogP contribution < -0.4 is 0 Å². The van der Waals surface area contributed by atoms with Crippen LogP contribution in [0.2, 0.25) is 0 Å². The predicted octanol–water partition coefficient (Wildman–Crippen LogP) is 4.69. The van der Waals surface area contributed by atoms with E-state index in [2.05, 4.69) is 0 Å². The molecular formula is C23H44O8. The van der Waals surface area contributed by atoms with Gasteiger partial charge in [-0.1, -0.05) is 27.7 Å². The summed E-state index contributed by atoms with van der Waals surface area (Å²) in [5.41, 5.74) is -2.20. The van der Waals surface area contributed by atoms with Crippen LogP contribution in [-0.4, -0.2) is 58.1 Å². The van der Waals surface area contributed by atoms with E-state index in [0.29, 0.717) is 0 Å². The maximum Gasteiger partial charge on any atom is 0.370 e. The molecule has 0 amide bonds. The summed E-state index contributed by atoms with van der Waals surface area (Å²) in [7, 11) is 0. The van der Waals surface area contributed by atoms with Gasteiger partial charge in [-0.3, -0.25) is 4.79 Å². The van der Waals surface area contributed by atoms with Crippen molar-refractivity contribution in [3.05, 3.63) is 0 Å². The van der Waals surface area contributed by atoms with E-state index >= 15 is 0 Å². The Balaban J connectivity index is 7.51. The molecule has 2 N–H and O–H groups in total. The van der Waals surface area contributed by atoms with Crippen LogP contribution in [0.4, 0.5) is 0 Å². The second-order valence-electron chi connectivity index (χ2n) is 10.3. The summed E-state index contributed by atoms with van der Waals surface area (Å²) in [5.74, 6) is -6.79. The molecule has 0 heterocycles. The second kappa shape index (κ2) is 10.6. The minimum Gasteiger partial charge on any atom is -0.481 e. The summed E-state index contributed by atoms with van der Waals surface area (Å²) in [5, 5.41) is 20.2. The second-order valence-corrected chi connectivity index (χ2v) is 10.3. The van der Waals surface area contributed by atoms with Crippen molar-refractivity contribution in [3.8, 4) is 0 Å². The molecule has 31 heavy (non-hydrogen) atoms. The van der Waals surface area contributed by atoms with Crippen LogP contribution in [0.15, 0.2) is 0 Å². The number of carboxylic acid groups (broad SMARTS) is 2. The van der Waals surface area contributed by atoms with E-state index in [1.54, 1.807) is 83.1 Å². The molecule has 0 fully saturated rings. The highest BCUT2D eigenvalue weighted by Gasteiger charge is 2.73. The number of carboxylic acids is 2. The minimum atomic E-state index is -2.37. The van der Waals surface area contributed by atoms with E-state index < -0.39 is 58.8 Å². The van der Waals surface area contributed by atoms with Crippen LogP contribution in [-0.2, 0) is 28.5 Å². The molecule has 8 nitrogen and oxygen atoms in total. The van der Waals surface area contributed by atoms with E-state index in [4.69, 9.17) is 18.9 Å². The minimum absolute atomic E-state index is 0.246. The van der Waals surface area contributed by atoms with Crippen molar-refractivity contribution in [1.82, 2.24) is 0 Å². The molecule has 0 saturated heterocycles. The summed E-state index contributed by atoms with van der Waals surface area (Å²) in [4.78, 5) is 24.7. The lowest BCUT2D eigenvalue weighted by molar-refractivity contribution is -0.459. The van der Waals surface area contributed by atoms with Crippen molar-refractivity contribution in [3.63, 3.8) is 0 Å². The predicted molar refractivity (Wildman–Crippen MR) is 118 cm³/mol. The Morgan fingerprint density at radius 3 is 1.23 bits per heavy atom. The smallest absolute Gasteiger partial charge is 0.370 e. The molecular weight excluding hydrogens is 404 g/mol. The lowest BCUT2D eigenvalue weighted by Gasteiger charge is -2.59. The third-order valence-corrected chi connectivity index (χ3v) is 5.43. The topological polar surface area (TPSA) is 112 Å². The molecule has 0 atom stereocenters. The number of ether oxygens (including phenoxy) is 4. The molecule has 0 aromatic carbocycles. The van der Waals surface area contributed by atoms with Gasteiger partial charge in [0.25, 0.3) is 0 Å². The van der Waals surface area contributed by atoms with Gasteiger partial charge in [-0.15, -0.1) is 0 Å². The van der Waals surface area contributed by atoms with Crippen LogP contribution in [0.25, 0.3) is 0 Å². The van der Waals surface area contributed by atoms with Gasteiger partial charge in [-0.05, 0) is 60.8 Å². The monoisotopic (exact) mass is 448 g/mol. The highest BCUT2D eigenvalue weighted by molar-refractivity contribution is 5.78. The van der Waals surface area contributed by atoms with Crippen LogP contribution in [0.1, 0.15) is 89.5 Å². The molecule has 184 valence electrons. The average molecular weight is 449 g/mol. The first kappa shape index (κ1) is 29.8. The summed E-state index contributed by atoms with van der Waals surface area (Å²) in [6, 6.07) is 0. The van der Waals surface area contributed by atoms with E-state index in [9.17, 15) is 19.8 Å². The number of hydrogen-bond donors (Lipinski definition) is 2. The normalized spacial score (nSPS) is 14.2. The van der Waals surface area contributed by atoms with Gasteiger partial charge >= 0.3 is 17.7 Å². The molecule has 8 heteroatoms. The first-order valence-corrected chi connectivity index (χ1v) is 10.9. The number of hydrogen-bond acceptors (Lipinski definition) is 6. The number of aliphatic carboxylic acids is 2. The lowest BCUT2D eigenvalue weighted by Crippen LogP contribution is -2.75. The highest BCUT2D eigenvalue weighted by atomic mass is 16.8. The zero-order valence-corrected chi connectivity index (χ0v) is 21.4. The highest BCUT2D eigenvalue weighted by Crippen LogP contribution is 2.57. The van der Waals surface area contributed by atoms with Crippen molar-refractivity contribution in [2.75, 3.05) is 0 Å². The zero-order valence-electron chi connectivity index (χ0n) is 21.4. The Kier molecular flexibility index (Phi) is 10.2. The molecule has 0 aliphatic heterocycles. The Bertz CT molecular complexity index is 585. The van der Waals surface area contributed by atoms with Crippen LogP contribution in [0.3, 0.4) is 0 Å². The number of rotatable bonds is 14. The average Bonchev–Trinajstić information content (AvgIpc) is 2.49. The van der Waals surface area contributed by atoms with E-state index in [1.165, 1.54) is 0 Å². The van der Waals surface area contributed by atoms with Gasteiger partial charge < -0.3 is 29.2 Å². The maximum absolute atomic E-state index is 13.0. The van der Waals surface area contributed by atoms with Gasteiger partial charge in [-0.2, -0.15) is 0 Å². The largest absolute Gasteiger partial charge is 0.481 e. The Labute approximate surface area is 187 Å². The van der Waals surface area contributed by atoms with E-state index in [-0.39, 0.29) is 6.42 Å². The Morgan fingerprint density at radius 2 is 1.00 bits per heavy atom. The molecule has 0 aromatic heterocycles. The fourth-order valence-electron chi connectivity index (χ4n) is 3.69. The first-order chi connectivity index (χ1) is 13.8. The van der Waals surface area contributed by atoms with Crippen molar-refractivity contribution in [2.24, 2.45) is 10.8 Å². The van der Waals surface area contributed by atoms with Crippen molar-refractivity contribution in [1.29, 1.82) is 0 Å². The Hall–Kier alpha value is -1.22. The van der Waals surface area contributed by atoms with Crippen molar-refractivity contribution < 1.29 is 38.7 Å². The molecule has 0 saturated carbocycles. The molecule has 0 spiro atoms. The summed E-state index contributed by atoms with van der Waals surface area (Å²) >= 11 is 0. The molecule has 0 aromatic rings.